The van der Waals surface area contributed by atoms with E-state index in [4.69, 9.17) is 0 Å². The van der Waals surface area contributed by atoms with Gasteiger partial charge in [0.15, 0.2) is 0 Å². The van der Waals surface area contributed by atoms with Crippen molar-refractivity contribution >= 4 is 12.4 Å². The normalized spacial score (nSPS) is 12.3. The number of hydrogen-bond donors (Lipinski definition) is 0. The molecule has 0 aromatic heterocycles. The van der Waals surface area contributed by atoms with Crippen LogP contribution in [0, 0.1) is 13.8 Å². The lowest BCUT2D eigenvalue weighted by atomic mass is 9.91. The third-order valence-corrected chi connectivity index (χ3v) is 3.55. The standard InChI is InChI=1S/C20H20O/c1-15-4-8-18(9-5-15)10-13-20(17(3)14-21)19-11-6-16(2)7-12-19/h4-14,20H,3H2,1-2H3/b13-10+. The first-order valence-corrected chi connectivity index (χ1v) is 7.05. The lowest BCUT2D eigenvalue weighted by molar-refractivity contribution is -0.105. The molecule has 0 saturated heterocycles. The molecule has 0 radical (unpaired) electrons. The van der Waals surface area contributed by atoms with Crippen LogP contribution < -0.4 is 0 Å². The average Bonchev–Trinajstić information content (AvgIpc) is 2.50. The van der Waals surface area contributed by atoms with Crippen LogP contribution in [0.4, 0.5) is 0 Å². The zero-order valence-electron chi connectivity index (χ0n) is 12.5. The highest BCUT2D eigenvalue weighted by atomic mass is 16.1. The van der Waals surface area contributed by atoms with Gasteiger partial charge in [-0.1, -0.05) is 78.4 Å². The number of carbonyl (C=O) groups excluding carboxylic acids is 1. The van der Waals surface area contributed by atoms with Crippen LogP contribution in [-0.2, 0) is 4.79 Å². The van der Waals surface area contributed by atoms with Crippen LogP contribution in [0.3, 0.4) is 0 Å². The topological polar surface area (TPSA) is 17.1 Å². The molecule has 2 rings (SSSR count). The van der Waals surface area contributed by atoms with Crippen molar-refractivity contribution < 1.29 is 4.79 Å². The Morgan fingerprint density at radius 2 is 1.48 bits per heavy atom. The van der Waals surface area contributed by atoms with E-state index in [1.807, 2.05) is 24.3 Å². The third-order valence-electron chi connectivity index (χ3n) is 3.55. The summed E-state index contributed by atoms with van der Waals surface area (Å²) in [5, 5.41) is 0. The molecule has 21 heavy (non-hydrogen) atoms. The molecule has 0 aliphatic carbocycles. The van der Waals surface area contributed by atoms with Crippen LogP contribution in [0.15, 0.2) is 66.8 Å². The molecule has 0 fully saturated rings. The van der Waals surface area contributed by atoms with E-state index in [0.29, 0.717) is 5.57 Å². The molecule has 1 atom stereocenters. The van der Waals surface area contributed by atoms with Gasteiger partial charge in [0.25, 0.3) is 0 Å². The summed E-state index contributed by atoms with van der Waals surface area (Å²) in [6.07, 6.45) is 4.91. The Kier molecular flexibility index (Phi) is 4.89. The maximum atomic E-state index is 11.1. The number of rotatable bonds is 5. The summed E-state index contributed by atoms with van der Waals surface area (Å²) in [4.78, 5) is 11.1. The van der Waals surface area contributed by atoms with Crippen molar-refractivity contribution in [2.75, 3.05) is 0 Å². The number of aryl methyl sites for hydroxylation is 2. The van der Waals surface area contributed by atoms with Gasteiger partial charge in [-0.25, -0.2) is 0 Å². The first kappa shape index (κ1) is 15.0. The van der Waals surface area contributed by atoms with Crippen molar-refractivity contribution in [1.82, 2.24) is 0 Å². The van der Waals surface area contributed by atoms with E-state index in [1.54, 1.807) is 0 Å². The molecule has 0 amide bonds. The van der Waals surface area contributed by atoms with Gasteiger partial charge in [0.05, 0.1) is 0 Å². The second-order valence-corrected chi connectivity index (χ2v) is 5.35. The number of benzene rings is 2. The predicted molar refractivity (Wildman–Crippen MR) is 89.3 cm³/mol. The maximum Gasteiger partial charge on any atom is 0.146 e. The van der Waals surface area contributed by atoms with Gasteiger partial charge in [0, 0.05) is 5.92 Å². The minimum Gasteiger partial charge on any atom is -0.298 e. The van der Waals surface area contributed by atoms with Gasteiger partial charge in [-0.3, -0.25) is 4.79 Å². The molecule has 1 heteroatoms. The highest BCUT2D eigenvalue weighted by Crippen LogP contribution is 2.25. The molecule has 0 aliphatic heterocycles. The van der Waals surface area contributed by atoms with Gasteiger partial charge < -0.3 is 0 Å². The van der Waals surface area contributed by atoms with E-state index in [9.17, 15) is 4.79 Å². The lowest BCUT2D eigenvalue weighted by Gasteiger charge is -2.12. The SMILES string of the molecule is C=C(C=O)C(/C=C/c1ccc(C)cc1)c1ccc(C)cc1. The largest absolute Gasteiger partial charge is 0.298 e. The Morgan fingerprint density at radius 1 is 0.952 bits per heavy atom. The second kappa shape index (κ2) is 6.85. The highest BCUT2D eigenvalue weighted by Gasteiger charge is 2.11. The van der Waals surface area contributed by atoms with Crippen LogP contribution in [-0.4, -0.2) is 6.29 Å². The van der Waals surface area contributed by atoms with Crippen LogP contribution >= 0.6 is 0 Å². The summed E-state index contributed by atoms with van der Waals surface area (Å²) in [6.45, 7) is 8.00. The van der Waals surface area contributed by atoms with Crippen LogP contribution in [0.5, 0.6) is 0 Å². The Bertz CT molecular complexity index is 645. The van der Waals surface area contributed by atoms with E-state index in [-0.39, 0.29) is 5.92 Å². The molecular formula is C20H20O. The second-order valence-electron chi connectivity index (χ2n) is 5.35. The highest BCUT2D eigenvalue weighted by molar-refractivity contribution is 5.76. The minimum absolute atomic E-state index is 0.0793. The predicted octanol–water partition coefficient (Wildman–Crippen LogP) is 4.86. The molecule has 1 nitrogen and oxygen atoms in total. The summed E-state index contributed by atoms with van der Waals surface area (Å²) < 4.78 is 0. The fraction of sp³-hybridized carbons (Fsp3) is 0.150. The fourth-order valence-electron chi connectivity index (χ4n) is 2.18. The average molecular weight is 276 g/mol. The molecule has 1 unspecified atom stereocenters. The summed E-state index contributed by atoms with van der Waals surface area (Å²) in [5.74, 6) is -0.0793. The van der Waals surface area contributed by atoms with Crippen molar-refractivity contribution in [2.24, 2.45) is 0 Å². The summed E-state index contributed by atoms with van der Waals surface area (Å²) in [6, 6.07) is 16.5. The molecule has 0 bridgehead atoms. The maximum absolute atomic E-state index is 11.1. The zero-order valence-corrected chi connectivity index (χ0v) is 12.5. The van der Waals surface area contributed by atoms with Gasteiger partial charge in [0.1, 0.15) is 6.29 Å². The summed E-state index contributed by atoms with van der Waals surface area (Å²) in [5.41, 5.74) is 5.22. The molecular weight excluding hydrogens is 256 g/mol. The van der Waals surface area contributed by atoms with Gasteiger partial charge in [0.2, 0.25) is 0 Å². The Hall–Kier alpha value is -2.41. The molecule has 2 aromatic rings. The van der Waals surface area contributed by atoms with Crippen LogP contribution in [0.2, 0.25) is 0 Å². The van der Waals surface area contributed by atoms with Crippen molar-refractivity contribution in [3.63, 3.8) is 0 Å². The van der Waals surface area contributed by atoms with Crippen LogP contribution in [0.1, 0.15) is 28.2 Å². The van der Waals surface area contributed by atoms with Crippen molar-refractivity contribution in [2.45, 2.75) is 19.8 Å². The quantitative estimate of drug-likeness (QED) is 0.563. The number of aldehydes is 1. The third kappa shape index (κ3) is 4.03. The van der Waals surface area contributed by atoms with Crippen LogP contribution in [0.25, 0.3) is 6.08 Å². The first-order valence-electron chi connectivity index (χ1n) is 7.05. The summed E-state index contributed by atoms with van der Waals surface area (Å²) in [7, 11) is 0. The van der Waals surface area contributed by atoms with Gasteiger partial charge in [-0.05, 0) is 30.5 Å². The lowest BCUT2D eigenvalue weighted by Crippen LogP contribution is -2.00. The first-order chi connectivity index (χ1) is 10.1. The number of allylic oxidation sites excluding steroid dienone is 2. The molecule has 0 N–H and O–H groups in total. The van der Waals surface area contributed by atoms with E-state index >= 15 is 0 Å². The Balaban J connectivity index is 2.28. The fourth-order valence-corrected chi connectivity index (χ4v) is 2.18. The zero-order chi connectivity index (χ0) is 15.2. The Morgan fingerprint density at radius 3 is 2.00 bits per heavy atom. The van der Waals surface area contributed by atoms with E-state index in [1.165, 1.54) is 11.1 Å². The van der Waals surface area contributed by atoms with Crippen molar-refractivity contribution in [3.05, 3.63) is 89.0 Å². The molecule has 0 saturated carbocycles. The smallest absolute Gasteiger partial charge is 0.146 e. The monoisotopic (exact) mass is 276 g/mol. The molecule has 106 valence electrons. The molecule has 0 spiro atoms. The van der Waals surface area contributed by atoms with Gasteiger partial charge in [-0.2, -0.15) is 0 Å². The van der Waals surface area contributed by atoms with Crippen molar-refractivity contribution in [1.29, 1.82) is 0 Å². The number of hydrogen-bond acceptors (Lipinski definition) is 1. The minimum atomic E-state index is -0.0793. The molecule has 0 heterocycles. The Labute approximate surface area is 126 Å². The van der Waals surface area contributed by atoms with Gasteiger partial charge in [-0.15, -0.1) is 0 Å². The van der Waals surface area contributed by atoms with E-state index < -0.39 is 0 Å². The van der Waals surface area contributed by atoms with E-state index in [0.717, 1.165) is 17.4 Å². The number of carbonyl (C=O) groups is 1. The molecule has 2 aromatic carbocycles. The van der Waals surface area contributed by atoms with Crippen molar-refractivity contribution in [3.8, 4) is 0 Å². The summed E-state index contributed by atoms with van der Waals surface area (Å²) >= 11 is 0. The molecule has 0 aliphatic rings. The van der Waals surface area contributed by atoms with Gasteiger partial charge >= 0.3 is 0 Å². The van der Waals surface area contributed by atoms with E-state index in [2.05, 4.69) is 56.8 Å².